The number of carbonyl (C=O) groups excluding carboxylic acids is 1. The maximum atomic E-state index is 12.6. The zero-order valence-electron chi connectivity index (χ0n) is 14.0. The van der Waals surface area contributed by atoms with Crippen molar-refractivity contribution >= 4 is 24.0 Å². The number of rotatable bonds is 5. The molecule has 2 aromatic rings. The van der Waals surface area contributed by atoms with Crippen molar-refractivity contribution in [1.29, 1.82) is 0 Å². The van der Waals surface area contributed by atoms with Gasteiger partial charge >= 0.3 is 0 Å². The van der Waals surface area contributed by atoms with Gasteiger partial charge in [0.25, 0.3) is 5.91 Å². The molecule has 0 atom stereocenters. The molecule has 7 nitrogen and oxygen atoms in total. The lowest BCUT2D eigenvalue weighted by Gasteiger charge is -2.37. The van der Waals surface area contributed by atoms with Crippen LogP contribution in [0.25, 0.3) is 5.65 Å². The second-order valence-electron chi connectivity index (χ2n) is 6.26. The summed E-state index contributed by atoms with van der Waals surface area (Å²) in [5.74, 6) is -0.132. The minimum absolute atomic E-state index is 0. The highest BCUT2D eigenvalue weighted by Crippen LogP contribution is 2.28. The van der Waals surface area contributed by atoms with Crippen LogP contribution in [-0.4, -0.2) is 53.9 Å². The highest BCUT2D eigenvalue weighted by molar-refractivity contribution is 5.99. The van der Waals surface area contributed by atoms with E-state index in [0.29, 0.717) is 24.4 Å². The first-order valence-electron chi connectivity index (χ1n) is 7.92. The van der Waals surface area contributed by atoms with E-state index in [4.69, 9.17) is 4.74 Å². The van der Waals surface area contributed by atoms with Gasteiger partial charge in [0, 0.05) is 31.0 Å². The van der Waals surface area contributed by atoms with Crippen molar-refractivity contribution in [2.45, 2.75) is 19.8 Å². The maximum Gasteiger partial charge on any atom is 0.256 e. The molecule has 1 aliphatic rings. The predicted octanol–water partition coefficient (Wildman–Crippen LogP) is 1.21. The lowest BCUT2D eigenvalue weighted by molar-refractivity contribution is 0.0512. The van der Waals surface area contributed by atoms with Crippen LogP contribution in [0.15, 0.2) is 18.5 Å². The summed E-state index contributed by atoms with van der Waals surface area (Å²) in [6.07, 6.45) is 5.37. The molecule has 2 N–H and O–H groups in total. The lowest BCUT2D eigenvalue weighted by atomic mass is 9.79. The monoisotopic (exact) mass is 353 g/mol. The van der Waals surface area contributed by atoms with Crippen molar-refractivity contribution in [2.24, 2.45) is 5.41 Å². The third-order valence-electron chi connectivity index (χ3n) is 4.49. The quantitative estimate of drug-likeness (QED) is 0.844. The number of aryl methyl sites for hydroxylation is 1. The van der Waals surface area contributed by atoms with E-state index < -0.39 is 0 Å². The fourth-order valence-electron chi connectivity index (χ4n) is 3.12. The Morgan fingerprint density at radius 1 is 1.46 bits per heavy atom. The van der Waals surface area contributed by atoms with Gasteiger partial charge in [-0.1, -0.05) is 0 Å². The van der Waals surface area contributed by atoms with Crippen molar-refractivity contribution in [2.75, 3.05) is 33.4 Å². The van der Waals surface area contributed by atoms with Gasteiger partial charge in [-0.05, 0) is 38.9 Å². The van der Waals surface area contributed by atoms with Crippen molar-refractivity contribution in [3.63, 3.8) is 0 Å². The zero-order valence-corrected chi connectivity index (χ0v) is 14.9. The fourth-order valence-corrected chi connectivity index (χ4v) is 3.12. The van der Waals surface area contributed by atoms with Crippen LogP contribution in [0.2, 0.25) is 0 Å². The number of halogens is 1. The Morgan fingerprint density at radius 3 is 2.92 bits per heavy atom. The molecule has 3 rings (SSSR count). The van der Waals surface area contributed by atoms with Gasteiger partial charge < -0.3 is 15.4 Å². The molecular formula is C16H24ClN5O2. The summed E-state index contributed by atoms with van der Waals surface area (Å²) >= 11 is 0. The average Bonchev–Trinajstić information content (AvgIpc) is 2.97. The van der Waals surface area contributed by atoms with Crippen molar-refractivity contribution in [3.8, 4) is 0 Å². The van der Waals surface area contributed by atoms with Gasteiger partial charge in [0.15, 0.2) is 5.65 Å². The molecule has 0 aliphatic carbocycles. The van der Waals surface area contributed by atoms with Gasteiger partial charge in [0.1, 0.15) is 5.56 Å². The summed E-state index contributed by atoms with van der Waals surface area (Å²) in [7, 11) is 1.71. The van der Waals surface area contributed by atoms with Crippen LogP contribution in [0.4, 0.5) is 0 Å². The Morgan fingerprint density at radius 2 is 2.21 bits per heavy atom. The van der Waals surface area contributed by atoms with Crippen molar-refractivity contribution in [3.05, 3.63) is 29.7 Å². The third kappa shape index (κ3) is 3.85. The van der Waals surface area contributed by atoms with Crippen LogP contribution in [0.3, 0.4) is 0 Å². The van der Waals surface area contributed by atoms with Gasteiger partial charge in [0.05, 0.1) is 12.8 Å². The average molecular weight is 354 g/mol. The maximum absolute atomic E-state index is 12.6. The molecule has 0 spiro atoms. The summed E-state index contributed by atoms with van der Waals surface area (Å²) in [4.78, 5) is 17.0. The molecule has 0 radical (unpaired) electrons. The van der Waals surface area contributed by atoms with Crippen molar-refractivity contribution < 1.29 is 9.53 Å². The Labute approximate surface area is 147 Å². The van der Waals surface area contributed by atoms with Crippen LogP contribution in [0, 0.1) is 12.3 Å². The minimum atomic E-state index is -0.132. The number of aromatic nitrogens is 3. The van der Waals surface area contributed by atoms with Crippen LogP contribution in [0.1, 0.15) is 28.9 Å². The molecule has 24 heavy (non-hydrogen) atoms. The van der Waals surface area contributed by atoms with Gasteiger partial charge in [-0.3, -0.25) is 4.79 Å². The van der Waals surface area contributed by atoms with E-state index in [1.807, 2.05) is 19.2 Å². The smallest absolute Gasteiger partial charge is 0.256 e. The Hall–Kier alpha value is -1.70. The number of methoxy groups -OCH3 is 1. The third-order valence-corrected chi connectivity index (χ3v) is 4.49. The summed E-state index contributed by atoms with van der Waals surface area (Å²) in [5.41, 5.74) is 1.96. The second-order valence-corrected chi connectivity index (χ2v) is 6.26. The second kappa shape index (κ2) is 7.92. The van der Waals surface area contributed by atoms with Gasteiger partial charge in [-0.25, -0.2) is 9.50 Å². The van der Waals surface area contributed by atoms with E-state index in [-0.39, 0.29) is 23.7 Å². The number of carbonyl (C=O) groups is 1. The molecule has 1 amide bonds. The number of hydrogen-bond donors (Lipinski definition) is 2. The number of fused-ring (bicyclic) bond motifs is 1. The number of ether oxygens (including phenoxy) is 1. The van der Waals surface area contributed by atoms with Crippen LogP contribution in [-0.2, 0) is 4.74 Å². The zero-order chi connectivity index (χ0) is 16.3. The first kappa shape index (κ1) is 18.6. The lowest BCUT2D eigenvalue weighted by Crippen LogP contribution is -2.47. The van der Waals surface area contributed by atoms with Crippen molar-refractivity contribution in [1.82, 2.24) is 25.2 Å². The molecule has 0 unspecified atom stereocenters. The number of amides is 1. The van der Waals surface area contributed by atoms with E-state index >= 15 is 0 Å². The topological polar surface area (TPSA) is 80.5 Å². The number of hydrogen-bond acceptors (Lipinski definition) is 5. The van der Waals surface area contributed by atoms with Gasteiger partial charge in [0.2, 0.25) is 0 Å². The first-order valence-corrected chi connectivity index (χ1v) is 7.92. The standard InChI is InChI=1S/C16H23N5O2.ClH/c1-12-3-8-21-14(20-12)13(9-19-21)15(22)18-10-16(11-23-2)4-6-17-7-5-16;/h3,8-9,17H,4-7,10-11H2,1-2H3,(H,18,22);1H. The molecule has 1 fully saturated rings. The van der Waals surface area contributed by atoms with E-state index in [2.05, 4.69) is 20.7 Å². The van der Waals surface area contributed by atoms with Crippen LogP contribution in [0.5, 0.6) is 0 Å². The summed E-state index contributed by atoms with van der Waals surface area (Å²) in [5, 5.41) is 10.6. The fraction of sp³-hybridized carbons (Fsp3) is 0.562. The van der Waals surface area contributed by atoms with E-state index in [9.17, 15) is 4.79 Å². The Bertz CT molecular complexity index is 691. The molecule has 0 saturated carbocycles. The molecule has 3 heterocycles. The molecule has 1 saturated heterocycles. The summed E-state index contributed by atoms with van der Waals surface area (Å²) in [6, 6.07) is 1.87. The Kier molecular flexibility index (Phi) is 6.15. The summed E-state index contributed by atoms with van der Waals surface area (Å²) < 4.78 is 7.01. The van der Waals surface area contributed by atoms with Crippen LogP contribution >= 0.6 is 12.4 Å². The largest absolute Gasteiger partial charge is 0.384 e. The van der Waals surface area contributed by atoms with Crippen LogP contribution < -0.4 is 10.6 Å². The van der Waals surface area contributed by atoms with E-state index in [1.54, 1.807) is 17.8 Å². The number of nitrogens with zero attached hydrogens (tertiary/aromatic N) is 3. The molecular weight excluding hydrogens is 330 g/mol. The molecule has 2 aromatic heterocycles. The SMILES string of the molecule is COCC1(CNC(=O)c2cnn3ccc(C)nc23)CCNCC1.Cl. The number of nitrogens with one attached hydrogen (secondary N) is 2. The van der Waals surface area contributed by atoms with Gasteiger partial charge in [-0.2, -0.15) is 5.10 Å². The molecule has 1 aliphatic heterocycles. The predicted molar refractivity (Wildman–Crippen MR) is 93.7 cm³/mol. The molecule has 0 bridgehead atoms. The van der Waals surface area contributed by atoms with E-state index in [1.165, 1.54) is 0 Å². The minimum Gasteiger partial charge on any atom is -0.384 e. The highest BCUT2D eigenvalue weighted by atomic mass is 35.5. The molecule has 132 valence electrons. The molecule has 8 heteroatoms. The van der Waals surface area contributed by atoms with E-state index in [0.717, 1.165) is 31.6 Å². The summed E-state index contributed by atoms with van der Waals surface area (Å²) in [6.45, 7) is 5.07. The Balaban J connectivity index is 0.00000208. The highest BCUT2D eigenvalue weighted by Gasteiger charge is 2.32. The number of piperidine rings is 1. The van der Waals surface area contributed by atoms with Gasteiger partial charge in [-0.15, -0.1) is 12.4 Å². The first-order chi connectivity index (χ1) is 11.1. The molecule has 0 aromatic carbocycles. The normalized spacial score (nSPS) is 16.6.